The number of fused-ring (bicyclic) bond motifs is 1. The third-order valence-electron chi connectivity index (χ3n) is 5.03. The van der Waals surface area contributed by atoms with Crippen LogP contribution in [0.2, 0.25) is 0 Å². The summed E-state index contributed by atoms with van der Waals surface area (Å²) in [5.74, 6) is 0.173. The second-order valence-corrected chi connectivity index (χ2v) is 6.81. The fourth-order valence-electron chi connectivity index (χ4n) is 3.58. The Hall–Kier alpha value is -2.66. The zero-order chi connectivity index (χ0) is 19.2. The summed E-state index contributed by atoms with van der Waals surface area (Å²) in [5, 5.41) is 24.9. The Labute approximate surface area is 158 Å². The molecule has 0 unspecified atom stereocenters. The van der Waals surface area contributed by atoms with Crippen LogP contribution in [0.1, 0.15) is 37.8 Å². The van der Waals surface area contributed by atoms with Gasteiger partial charge in [-0.25, -0.2) is 9.29 Å². The summed E-state index contributed by atoms with van der Waals surface area (Å²) < 4.78 is 18.6. The lowest BCUT2D eigenvalue weighted by molar-refractivity contribution is 0.204. The van der Waals surface area contributed by atoms with Crippen molar-refractivity contribution in [2.45, 2.75) is 32.1 Å². The fraction of sp³-hybridized carbons (Fsp3) is 0.526. The zero-order valence-electron chi connectivity index (χ0n) is 15.5. The van der Waals surface area contributed by atoms with Gasteiger partial charge in [0.15, 0.2) is 11.8 Å². The van der Waals surface area contributed by atoms with E-state index in [9.17, 15) is 4.39 Å². The van der Waals surface area contributed by atoms with Gasteiger partial charge in [-0.15, -0.1) is 0 Å². The Morgan fingerprint density at radius 3 is 2.96 bits per heavy atom. The summed E-state index contributed by atoms with van der Waals surface area (Å²) in [5.41, 5.74) is 1.44. The maximum absolute atomic E-state index is 13.3. The number of nitriles is 1. The first-order valence-corrected chi connectivity index (χ1v) is 9.39. The number of hydrogen-bond acceptors (Lipinski definition) is 5. The van der Waals surface area contributed by atoms with E-state index in [0.717, 1.165) is 50.0 Å². The van der Waals surface area contributed by atoms with Gasteiger partial charge in [-0.05, 0) is 58.0 Å². The number of nitrogens with zero attached hydrogens (tertiary/aromatic N) is 4. The second kappa shape index (κ2) is 8.82. The molecule has 1 aliphatic rings. The van der Waals surface area contributed by atoms with Crippen molar-refractivity contribution < 1.29 is 8.91 Å². The third-order valence-corrected chi connectivity index (χ3v) is 5.03. The molecule has 27 heavy (non-hydrogen) atoms. The van der Waals surface area contributed by atoms with E-state index in [-0.39, 0.29) is 11.8 Å². The molecule has 2 N–H and O–H groups in total. The highest BCUT2D eigenvalue weighted by atomic mass is 19.1. The average molecular weight is 372 g/mol. The zero-order valence-corrected chi connectivity index (χ0v) is 15.5. The number of likely N-dealkylation sites (tertiary alicyclic amines) is 1. The number of nitrogens with one attached hydrogen (secondary N) is 2. The van der Waals surface area contributed by atoms with Crippen LogP contribution in [-0.2, 0) is 0 Å². The van der Waals surface area contributed by atoms with Gasteiger partial charge in [0.1, 0.15) is 5.82 Å². The van der Waals surface area contributed by atoms with Crippen molar-refractivity contribution in [3.8, 4) is 6.19 Å². The molecule has 0 radical (unpaired) electrons. The fourth-order valence-corrected chi connectivity index (χ4v) is 3.58. The number of guanidine groups is 1. The van der Waals surface area contributed by atoms with Gasteiger partial charge in [-0.3, -0.25) is 5.41 Å². The number of hydrogen-bond donors (Lipinski definition) is 2. The minimum Gasteiger partial charge on any atom is -0.356 e. The predicted octanol–water partition coefficient (Wildman–Crippen LogP) is 2.86. The quantitative estimate of drug-likeness (QED) is 0.351. The molecule has 2 heterocycles. The molecule has 2 aromatic rings. The Morgan fingerprint density at radius 1 is 1.48 bits per heavy atom. The Bertz CT molecular complexity index is 821. The molecule has 3 rings (SSSR count). The first-order chi connectivity index (χ1) is 13.1. The summed E-state index contributed by atoms with van der Waals surface area (Å²) in [6.07, 6.45) is 4.85. The van der Waals surface area contributed by atoms with Crippen molar-refractivity contribution >= 4 is 16.9 Å². The Morgan fingerprint density at radius 2 is 2.26 bits per heavy atom. The lowest BCUT2D eigenvalue weighted by atomic mass is 9.91. The van der Waals surface area contributed by atoms with Crippen molar-refractivity contribution in [2.24, 2.45) is 0 Å². The summed E-state index contributed by atoms with van der Waals surface area (Å²) in [4.78, 5) is 3.77. The first-order valence-electron chi connectivity index (χ1n) is 9.39. The van der Waals surface area contributed by atoms with E-state index in [4.69, 9.17) is 15.2 Å². The van der Waals surface area contributed by atoms with Crippen LogP contribution in [-0.4, -0.2) is 53.6 Å². The SMILES string of the molecule is CCNC(=N)N(C#N)CCCN1CCC(c2noc3cc(F)ccc23)CC1. The van der Waals surface area contributed by atoms with E-state index < -0.39 is 0 Å². The van der Waals surface area contributed by atoms with Crippen LogP contribution in [0.15, 0.2) is 22.7 Å². The van der Waals surface area contributed by atoms with Crippen LogP contribution in [0.3, 0.4) is 0 Å². The molecule has 0 bridgehead atoms. The maximum atomic E-state index is 13.3. The molecule has 0 atom stereocenters. The first kappa shape index (κ1) is 19.1. The number of piperidine rings is 1. The number of rotatable bonds is 6. The maximum Gasteiger partial charge on any atom is 0.204 e. The molecule has 1 aromatic carbocycles. The van der Waals surface area contributed by atoms with Crippen molar-refractivity contribution in [3.05, 3.63) is 29.7 Å². The van der Waals surface area contributed by atoms with Gasteiger partial charge in [0.05, 0.1) is 5.69 Å². The van der Waals surface area contributed by atoms with Gasteiger partial charge < -0.3 is 14.7 Å². The summed E-state index contributed by atoms with van der Waals surface area (Å²) in [6.45, 7) is 5.89. The molecule has 8 heteroatoms. The molecule has 1 aliphatic heterocycles. The Kier molecular flexibility index (Phi) is 6.24. The molecule has 1 saturated heterocycles. The minimum absolute atomic E-state index is 0.160. The lowest BCUT2D eigenvalue weighted by Gasteiger charge is -2.31. The molecule has 0 amide bonds. The second-order valence-electron chi connectivity index (χ2n) is 6.81. The highest BCUT2D eigenvalue weighted by Crippen LogP contribution is 2.32. The Balaban J connectivity index is 1.47. The normalized spacial score (nSPS) is 15.6. The minimum atomic E-state index is -0.311. The summed E-state index contributed by atoms with van der Waals surface area (Å²) in [6, 6.07) is 4.58. The smallest absolute Gasteiger partial charge is 0.204 e. The molecule has 0 saturated carbocycles. The van der Waals surface area contributed by atoms with Crippen LogP contribution in [0, 0.1) is 22.7 Å². The standard InChI is InChI=1S/C19H25FN6O/c1-2-23-19(22)26(13-21)9-3-8-25-10-6-14(7-11-25)18-16-5-4-15(20)12-17(16)27-24-18/h4-5,12,14H,2-3,6-11H2,1H3,(H2,22,23). The predicted molar refractivity (Wildman–Crippen MR) is 101 cm³/mol. The molecular formula is C19H25FN6O. The van der Waals surface area contributed by atoms with Crippen LogP contribution in [0.5, 0.6) is 0 Å². The third kappa shape index (κ3) is 4.55. The van der Waals surface area contributed by atoms with Crippen molar-refractivity contribution in [2.75, 3.05) is 32.7 Å². The van der Waals surface area contributed by atoms with Gasteiger partial charge in [0.25, 0.3) is 0 Å². The molecule has 0 aliphatic carbocycles. The van der Waals surface area contributed by atoms with Gasteiger partial charge in [-0.1, -0.05) is 5.16 Å². The van der Waals surface area contributed by atoms with E-state index in [2.05, 4.69) is 21.6 Å². The molecule has 144 valence electrons. The monoisotopic (exact) mass is 372 g/mol. The van der Waals surface area contributed by atoms with Crippen molar-refractivity contribution in [1.82, 2.24) is 20.3 Å². The van der Waals surface area contributed by atoms with Gasteiger partial charge in [0, 0.05) is 30.5 Å². The molecule has 7 nitrogen and oxygen atoms in total. The largest absolute Gasteiger partial charge is 0.356 e. The van der Waals surface area contributed by atoms with E-state index in [0.29, 0.717) is 24.6 Å². The van der Waals surface area contributed by atoms with E-state index in [1.807, 2.05) is 6.92 Å². The summed E-state index contributed by atoms with van der Waals surface area (Å²) >= 11 is 0. The molecule has 1 fully saturated rings. The molecular weight excluding hydrogens is 347 g/mol. The van der Waals surface area contributed by atoms with Gasteiger partial charge in [-0.2, -0.15) is 5.26 Å². The van der Waals surface area contributed by atoms with Crippen molar-refractivity contribution in [3.63, 3.8) is 0 Å². The average Bonchev–Trinajstić information content (AvgIpc) is 3.09. The van der Waals surface area contributed by atoms with Gasteiger partial charge in [0.2, 0.25) is 5.96 Å². The van der Waals surface area contributed by atoms with Crippen LogP contribution < -0.4 is 5.32 Å². The van der Waals surface area contributed by atoms with Crippen LogP contribution in [0.25, 0.3) is 11.0 Å². The van der Waals surface area contributed by atoms with Crippen molar-refractivity contribution in [1.29, 1.82) is 10.7 Å². The van der Waals surface area contributed by atoms with Crippen LogP contribution in [0.4, 0.5) is 4.39 Å². The molecule has 1 aromatic heterocycles. The van der Waals surface area contributed by atoms with Crippen LogP contribution >= 0.6 is 0 Å². The highest BCUT2D eigenvalue weighted by Gasteiger charge is 2.25. The van der Waals surface area contributed by atoms with E-state index >= 15 is 0 Å². The highest BCUT2D eigenvalue weighted by molar-refractivity contribution is 5.80. The number of aromatic nitrogens is 1. The number of benzene rings is 1. The molecule has 0 spiro atoms. The van der Waals surface area contributed by atoms with E-state index in [1.165, 1.54) is 17.0 Å². The number of halogens is 1. The van der Waals surface area contributed by atoms with E-state index in [1.54, 1.807) is 6.07 Å². The topological polar surface area (TPSA) is 92.2 Å². The van der Waals surface area contributed by atoms with Gasteiger partial charge >= 0.3 is 0 Å². The summed E-state index contributed by atoms with van der Waals surface area (Å²) in [7, 11) is 0. The lowest BCUT2D eigenvalue weighted by Crippen LogP contribution is -2.40.